The van der Waals surface area contributed by atoms with E-state index in [1.54, 1.807) is 6.33 Å². The number of aromatic nitrogens is 3. The molecule has 7 heteroatoms. The minimum Gasteiger partial charge on any atom is -0.357 e. The molecule has 0 spiro atoms. The zero-order valence-corrected chi connectivity index (χ0v) is 17.9. The molecule has 1 aromatic heterocycles. The van der Waals surface area contributed by atoms with Gasteiger partial charge in [0.15, 0.2) is 5.96 Å². The van der Waals surface area contributed by atoms with Crippen LogP contribution in [-0.4, -0.2) is 51.8 Å². The molecular weight excluding hydrogens is 350 g/mol. The Kier molecular flexibility index (Phi) is 8.94. The molecule has 2 N–H and O–H groups in total. The quantitative estimate of drug-likeness (QED) is 0.486. The molecule has 0 saturated heterocycles. The molecule has 28 heavy (non-hydrogen) atoms. The predicted molar refractivity (Wildman–Crippen MR) is 115 cm³/mol. The summed E-state index contributed by atoms with van der Waals surface area (Å²) in [7, 11) is 2.16. The van der Waals surface area contributed by atoms with Crippen LogP contribution in [0.25, 0.3) is 0 Å². The summed E-state index contributed by atoms with van der Waals surface area (Å²) in [6, 6.07) is 9.07. The van der Waals surface area contributed by atoms with Crippen molar-refractivity contribution in [1.29, 1.82) is 0 Å². The summed E-state index contributed by atoms with van der Waals surface area (Å²) < 4.78 is 2.08. The molecular formula is C21H35N7. The van der Waals surface area contributed by atoms with Crippen molar-refractivity contribution < 1.29 is 0 Å². The molecule has 1 aromatic carbocycles. The highest BCUT2D eigenvalue weighted by molar-refractivity contribution is 5.79. The van der Waals surface area contributed by atoms with Crippen molar-refractivity contribution in [2.45, 2.75) is 59.8 Å². The van der Waals surface area contributed by atoms with Gasteiger partial charge < -0.3 is 15.2 Å². The van der Waals surface area contributed by atoms with Crippen LogP contribution in [0.4, 0.5) is 0 Å². The average Bonchev–Trinajstić information content (AvgIpc) is 3.14. The van der Waals surface area contributed by atoms with E-state index in [4.69, 9.17) is 4.99 Å². The molecule has 0 amide bonds. The van der Waals surface area contributed by atoms with Gasteiger partial charge in [-0.05, 0) is 38.9 Å². The van der Waals surface area contributed by atoms with E-state index < -0.39 is 0 Å². The summed E-state index contributed by atoms with van der Waals surface area (Å²) in [4.78, 5) is 7.14. The molecule has 0 aliphatic carbocycles. The first-order valence-electron chi connectivity index (χ1n) is 10.2. The van der Waals surface area contributed by atoms with E-state index in [-0.39, 0.29) is 0 Å². The van der Waals surface area contributed by atoms with Gasteiger partial charge in [0.2, 0.25) is 0 Å². The number of guanidine groups is 1. The Bertz CT molecular complexity index is 736. The number of aryl methyl sites for hydroxylation is 1. The van der Waals surface area contributed by atoms with Gasteiger partial charge in [-0.25, -0.2) is 4.99 Å². The third kappa shape index (κ3) is 6.64. The molecule has 0 aliphatic rings. The molecule has 0 atom stereocenters. The maximum absolute atomic E-state index is 4.79. The van der Waals surface area contributed by atoms with Gasteiger partial charge >= 0.3 is 0 Å². The molecule has 1 heterocycles. The Hall–Kier alpha value is -2.41. The number of nitrogens with one attached hydrogen (secondary N) is 2. The van der Waals surface area contributed by atoms with Crippen molar-refractivity contribution in [3.8, 4) is 0 Å². The lowest BCUT2D eigenvalue weighted by molar-refractivity contribution is 0.265. The van der Waals surface area contributed by atoms with Crippen LogP contribution in [0, 0.1) is 0 Å². The average molecular weight is 386 g/mol. The van der Waals surface area contributed by atoms with Gasteiger partial charge in [0.25, 0.3) is 0 Å². The molecule has 7 nitrogen and oxygen atoms in total. The lowest BCUT2D eigenvalue weighted by atomic mass is 10.1. The third-order valence-electron chi connectivity index (χ3n) is 4.83. The lowest BCUT2D eigenvalue weighted by Gasteiger charge is -2.22. The molecule has 154 valence electrons. The Morgan fingerprint density at radius 2 is 1.93 bits per heavy atom. The summed E-state index contributed by atoms with van der Waals surface area (Å²) >= 11 is 0. The van der Waals surface area contributed by atoms with E-state index in [0.717, 1.165) is 44.4 Å². The van der Waals surface area contributed by atoms with Gasteiger partial charge in [0.05, 0.1) is 6.54 Å². The Morgan fingerprint density at radius 1 is 1.18 bits per heavy atom. The van der Waals surface area contributed by atoms with E-state index in [0.29, 0.717) is 12.6 Å². The maximum atomic E-state index is 4.79. The second kappa shape index (κ2) is 11.4. The highest BCUT2D eigenvalue weighted by atomic mass is 15.3. The summed E-state index contributed by atoms with van der Waals surface area (Å²) in [6.07, 6.45) is 2.67. The number of nitrogens with zero attached hydrogens (tertiary/aromatic N) is 5. The summed E-state index contributed by atoms with van der Waals surface area (Å²) in [6.45, 7) is 12.6. The zero-order valence-electron chi connectivity index (χ0n) is 17.9. The van der Waals surface area contributed by atoms with Crippen LogP contribution in [0.15, 0.2) is 35.6 Å². The number of hydrogen-bond acceptors (Lipinski definition) is 4. The second-order valence-corrected chi connectivity index (χ2v) is 7.19. The molecule has 0 saturated carbocycles. The summed E-state index contributed by atoms with van der Waals surface area (Å²) in [5.41, 5.74) is 2.59. The smallest absolute Gasteiger partial charge is 0.191 e. The van der Waals surface area contributed by atoms with E-state index in [2.05, 4.69) is 89.3 Å². The van der Waals surface area contributed by atoms with Gasteiger partial charge in [-0.2, -0.15) is 0 Å². The first-order valence-corrected chi connectivity index (χ1v) is 10.2. The van der Waals surface area contributed by atoms with Gasteiger partial charge in [-0.15, -0.1) is 10.2 Å². The van der Waals surface area contributed by atoms with Crippen LogP contribution in [0.2, 0.25) is 0 Å². The highest BCUT2D eigenvalue weighted by Gasteiger charge is 2.08. The topological polar surface area (TPSA) is 70.4 Å². The number of rotatable bonds is 10. The van der Waals surface area contributed by atoms with Gasteiger partial charge in [-0.1, -0.05) is 31.2 Å². The normalized spacial score (nSPS) is 12.0. The van der Waals surface area contributed by atoms with Crippen LogP contribution >= 0.6 is 0 Å². The van der Waals surface area contributed by atoms with Crippen molar-refractivity contribution in [3.05, 3.63) is 47.5 Å². The van der Waals surface area contributed by atoms with Crippen molar-refractivity contribution in [3.63, 3.8) is 0 Å². The first kappa shape index (κ1) is 21.9. The molecule has 2 rings (SSSR count). The fourth-order valence-electron chi connectivity index (χ4n) is 2.86. The predicted octanol–water partition coefficient (Wildman–Crippen LogP) is 2.44. The van der Waals surface area contributed by atoms with Crippen LogP contribution in [0.1, 0.15) is 44.6 Å². The standard InChI is InChI=1S/C21H35N7/c1-6-20-26-25-16-28(20)13-12-23-21(22-7-2)24-14-18-10-8-9-11-19(18)15-27(5)17(3)4/h8-11,16-17H,6-7,12-15H2,1-5H3,(H2,22,23,24). The fourth-order valence-corrected chi connectivity index (χ4v) is 2.86. The molecule has 0 fully saturated rings. The Labute approximate surface area is 169 Å². The van der Waals surface area contributed by atoms with Crippen LogP contribution < -0.4 is 10.6 Å². The van der Waals surface area contributed by atoms with Gasteiger partial charge in [-0.3, -0.25) is 4.90 Å². The summed E-state index contributed by atoms with van der Waals surface area (Å²) in [5.74, 6) is 1.84. The minimum atomic E-state index is 0.515. The van der Waals surface area contributed by atoms with Crippen molar-refractivity contribution >= 4 is 5.96 Å². The van der Waals surface area contributed by atoms with Crippen molar-refractivity contribution in [2.75, 3.05) is 20.1 Å². The number of hydrogen-bond donors (Lipinski definition) is 2. The molecule has 0 unspecified atom stereocenters. The number of aliphatic imine (C=N–C) groups is 1. The lowest BCUT2D eigenvalue weighted by Crippen LogP contribution is -2.39. The Morgan fingerprint density at radius 3 is 2.61 bits per heavy atom. The van der Waals surface area contributed by atoms with Gasteiger partial charge in [0.1, 0.15) is 12.2 Å². The third-order valence-corrected chi connectivity index (χ3v) is 4.83. The molecule has 0 radical (unpaired) electrons. The second-order valence-electron chi connectivity index (χ2n) is 7.19. The highest BCUT2D eigenvalue weighted by Crippen LogP contribution is 2.13. The maximum Gasteiger partial charge on any atom is 0.191 e. The minimum absolute atomic E-state index is 0.515. The summed E-state index contributed by atoms with van der Waals surface area (Å²) in [5, 5.41) is 14.8. The fraction of sp³-hybridized carbons (Fsp3) is 0.571. The van der Waals surface area contributed by atoms with E-state index in [9.17, 15) is 0 Å². The van der Waals surface area contributed by atoms with E-state index in [1.165, 1.54) is 11.1 Å². The van der Waals surface area contributed by atoms with Crippen molar-refractivity contribution in [2.24, 2.45) is 4.99 Å². The van der Waals surface area contributed by atoms with E-state index >= 15 is 0 Å². The van der Waals surface area contributed by atoms with Crippen molar-refractivity contribution in [1.82, 2.24) is 30.3 Å². The Balaban J connectivity index is 1.98. The largest absolute Gasteiger partial charge is 0.357 e. The monoisotopic (exact) mass is 385 g/mol. The first-order chi connectivity index (χ1) is 13.5. The molecule has 0 bridgehead atoms. The zero-order chi connectivity index (χ0) is 20.4. The number of benzene rings is 1. The van der Waals surface area contributed by atoms with Gasteiger partial charge in [0, 0.05) is 38.6 Å². The SMILES string of the molecule is CCNC(=NCc1ccccc1CN(C)C(C)C)NCCn1cnnc1CC. The van der Waals surface area contributed by atoms with E-state index in [1.807, 2.05) is 0 Å². The van der Waals surface area contributed by atoms with Crippen LogP contribution in [0.3, 0.4) is 0 Å². The molecule has 0 aliphatic heterocycles. The van der Waals surface area contributed by atoms with Crippen LogP contribution in [-0.2, 0) is 26.1 Å². The van der Waals surface area contributed by atoms with Crippen LogP contribution in [0.5, 0.6) is 0 Å². The molecule has 2 aromatic rings.